The number of rotatable bonds is 3. The van der Waals surface area contributed by atoms with Crippen molar-refractivity contribution >= 4 is 21.8 Å². The molecule has 0 aliphatic heterocycles. The molecule has 0 aliphatic rings. The molecule has 1 aromatic carbocycles. The van der Waals surface area contributed by atoms with Gasteiger partial charge in [0.2, 0.25) is 0 Å². The van der Waals surface area contributed by atoms with Crippen molar-refractivity contribution in [2.24, 2.45) is 0 Å². The van der Waals surface area contributed by atoms with Gasteiger partial charge in [-0.3, -0.25) is 9.36 Å². The normalized spacial score (nSPS) is 10.1. The maximum atomic E-state index is 11.6. The van der Waals surface area contributed by atoms with E-state index < -0.39 is 0 Å². The van der Waals surface area contributed by atoms with Gasteiger partial charge in [0, 0.05) is 12.4 Å². The zero-order valence-electron chi connectivity index (χ0n) is 8.34. The van der Waals surface area contributed by atoms with E-state index in [1.807, 2.05) is 18.2 Å². The highest BCUT2D eigenvalue weighted by atomic mass is 79.9. The summed E-state index contributed by atoms with van der Waals surface area (Å²) in [6.07, 6.45) is 4.59. The molecule has 1 heterocycles. The van der Waals surface area contributed by atoms with E-state index in [4.69, 9.17) is 4.74 Å². The topological polar surface area (TPSA) is 44.1 Å². The van der Waals surface area contributed by atoms with E-state index in [1.54, 1.807) is 18.5 Å². The van der Waals surface area contributed by atoms with Crippen molar-refractivity contribution in [3.05, 3.63) is 47.5 Å². The number of carbonyl (C=O) groups is 1. The predicted molar refractivity (Wildman–Crippen MR) is 62.5 cm³/mol. The molecule has 0 N–H and O–H groups in total. The van der Waals surface area contributed by atoms with Gasteiger partial charge >= 0.3 is 0 Å². The number of imidazole rings is 1. The number of para-hydroxylation sites is 1. The van der Waals surface area contributed by atoms with Crippen LogP contribution in [0.1, 0.15) is 4.79 Å². The van der Waals surface area contributed by atoms with Crippen LogP contribution < -0.4 is 4.74 Å². The smallest absolute Gasteiger partial charge is 0.269 e. The van der Waals surface area contributed by atoms with E-state index in [1.165, 1.54) is 10.9 Å². The van der Waals surface area contributed by atoms with E-state index in [0.717, 1.165) is 4.47 Å². The second kappa shape index (κ2) is 4.94. The lowest BCUT2D eigenvalue weighted by Gasteiger charge is -2.06. The Morgan fingerprint density at radius 1 is 1.44 bits per heavy atom. The van der Waals surface area contributed by atoms with Gasteiger partial charge in [-0.05, 0) is 28.1 Å². The summed E-state index contributed by atoms with van der Waals surface area (Å²) in [4.78, 5) is 15.4. The van der Waals surface area contributed by atoms with E-state index in [0.29, 0.717) is 5.75 Å². The minimum Gasteiger partial charge on any atom is -0.483 e. The molecule has 82 valence electrons. The van der Waals surface area contributed by atoms with Gasteiger partial charge in [-0.15, -0.1) is 0 Å². The van der Waals surface area contributed by atoms with E-state index in [9.17, 15) is 4.79 Å². The third-order valence-electron chi connectivity index (χ3n) is 1.98. The largest absolute Gasteiger partial charge is 0.483 e. The number of halogens is 1. The van der Waals surface area contributed by atoms with Gasteiger partial charge in [0.15, 0.2) is 6.61 Å². The molecule has 0 saturated carbocycles. The van der Waals surface area contributed by atoms with Crippen molar-refractivity contribution in [1.29, 1.82) is 0 Å². The number of hydrogen-bond acceptors (Lipinski definition) is 3. The zero-order valence-corrected chi connectivity index (χ0v) is 9.92. The Morgan fingerprint density at radius 2 is 2.25 bits per heavy atom. The van der Waals surface area contributed by atoms with Gasteiger partial charge in [0.25, 0.3) is 5.91 Å². The van der Waals surface area contributed by atoms with Crippen molar-refractivity contribution in [1.82, 2.24) is 9.55 Å². The number of aromatic nitrogens is 2. The lowest BCUT2D eigenvalue weighted by Crippen LogP contribution is -2.17. The Kier molecular flexibility index (Phi) is 3.36. The Bertz CT molecular complexity index is 482. The maximum Gasteiger partial charge on any atom is 0.269 e. The second-order valence-electron chi connectivity index (χ2n) is 3.08. The molecule has 2 aromatic rings. The molecule has 2 rings (SSSR count). The summed E-state index contributed by atoms with van der Waals surface area (Å²) in [7, 11) is 0. The maximum absolute atomic E-state index is 11.6. The molecule has 1 aromatic heterocycles. The quantitative estimate of drug-likeness (QED) is 0.867. The highest BCUT2D eigenvalue weighted by Crippen LogP contribution is 2.23. The van der Waals surface area contributed by atoms with Crippen molar-refractivity contribution in [3.63, 3.8) is 0 Å². The van der Waals surface area contributed by atoms with Gasteiger partial charge in [-0.2, -0.15) is 0 Å². The van der Waals surface area contributed by atoms with Crippen LogP contribution in [0.2, 0.25) is 0 Å². The molecule has 0 amide bonds. The molecule has 0 spiro atoms. The number of hydrogen-bond donors (Lipinski definition) is 0. The third kappa shape index (κ3) is 2.49. The summed E-state index contributed by atoms with van der Waals surface area (Å²) in [5.41, 5.74) is 0. The minimum absolute atomic E-state index is 0.0149. The summed E-state index contributed by atoms with van der Waals surface area (Å²) in [5.74, 6) is 0.490. The van der Waals surface area contributed by atoms with Gasteiger partial charge in [-0.25, -0.2) is 4.98 Å². The van der Waals surface area contributed by atoms with Crippen molar-refractivity contribution in [2.75, 3.05) is 6.61 Å². The molecule has 0 atom stereocenters. The molecule has 0 bridgehead atoms. The molecule has 16 heavy (non-hydrogen) atoms. The summed E-state index contributed by atoms with van der Waals surface area (Å²) in [6, 6.07) is 7.39. The average Bonchev–Trinajstić information content (AvgIpc) is 2.81. The van der Waals surface area contributed by atoms with E-state index in [2.05, 4.69) is 20.9 Å². The lowest BCUT2D eigenvalue weighted by atomic mass is 10.3. The first-order chi connectivity index (χ1) is 7.77. The molecular formula is C11H9BrN2O2. The fourth-order valence-corrected chi connectivity index (χ4v) is 1.58. The highest BCUT2D eigenvalue weighted by molar-refractivity contribution is 9.10. The molecule has 0 radical (unpaired) electrons. The van der Waals surface area contributed by atoms with Crippen LogP contribution in [-0.2, 0) is 0 Å². The molecule has 4 nitrogen and oxygen atoms in total. The molecular weight excluding hydrogens is 272 g/mol. The highest BCUT2D eigenvalue weighted by Gasteiger charge is 2.06. The summed E-state index contributed by atoms with van der Waals surface area (Å²) in [6.45, 7) is -0.0149. The predicted octanol–water partition coefficient (Wildman–Crippen LogP) is 2.36. The minimum atomic E-state index is -0.159. The van der Waals surface area contributed by atoms with Crippen LogP contribution in [0, 0.1) is 0 Å². The first kappa shape index (κ1) is 10.9. The number of ether oxygens (including phenoxy) is 1. The number of benzene rings is 1. The standard InChI is InChI=1S/C11H9BrN2O2/c12-9-3-1-2-4-10(9)16-7-11(15)14-6-5-13-8-14/h1-6,8H,7H2. The first-order valence-electron chi connectivity index (χ1n) is 4.66. The number of nitrogens with zero attached hydrogens (tertiary/aromatic N) is 2. The van der Waals surface area contributed by atoms with Crippen molar-refractivity contribution in [3.8, 4) is 5.75 Å². The Balaban J connectivity index is 1.98. The first-order valence-corrected chi connectivity index (χ1v) is 5.45. The monoisotopic (exact) mass is 280 g/mol. The van der Waals surface area contributed by atoms with Gasteiger partial charge in [0.05, 0.1) is 4.47 Å². The lowest BCUT2D eigenvalue weighted by molar-refractivity contribution is 0.0837. The average molecular weight is 281 g/mol. The van der Waals surface area contributed by atoms with Gasteiger partial charge < -0.3 is 4.74 Å². The fraction of sp³-hybridized carbons (Fsp3) is 0.0909. The summed E-state index contributed by atoms with van der Waals surface area (Å²) < 4.78 is 7.59. The fourth-order valence-electron chi connectivity index (χ4n) is 1.18. The molecule has 0 unspecified atom stereocenters. The Morgan fingerprint density at radius 3 is 2.94 bits per heavy atom. The molecule has 0 saturated heterocycles. The molecule has 0 aliphatic carbocycles. The van der Waals surface area contributed by atoms with Crippen LogP contribution in [0.4, 0.5) is 0 Å². The van der Waals surface area contributed by atoms with Crippen molar-refractivity contribution in [2.45, 2.75) is 0 Å². The molecule has 5 heteroatoms. The van der Waals surface area contributed by atoms with E-state index >= 15 is 0 Å². The second-order valence-corrected chi connectivity index (χ2v) is 3.94. The SMILES string of the molecule is O=C(COc1ccccc1Br)n1ccnc1. The zero-order chi connectivity index (χ0) is 11.4. The van der Waals surface area contributed by atoms with E-state index in [-0.39, 0.29) is 12.5 Å². The van der Waals surface area contributed by atoms with Crippen LogP contribution in [0.3, 0.4) is 0 Å². The summed E-state index contributed by atoms with van der Waals surface area (Å²) in [5, 5.41) is 0. The number of carbonyl (C=O) groups excluding carboxylic acids is 1. The Labute approximate surface area is 101 Å². The van der Waals surface area contributed by atoms with Crippen LogP contribution in [0.15, 0.2) is 47.5 Å². The van der Waals surface area contributed by atoms with Crippen molar-refractivity contribution < 1.29 is 9.53 Å². The van der Waals surface area contributed by atoms with Crippen LogP contribution in [0.5, 0.6) is 5.75 Å². The molecule has 0 fully saturated rings. The summed E-state index contributed by atoms with van der Waals surface area (Å²) >= 11 is 3.34. The third-order valence-corrected chi connectivity index (χ3v) is 2.64. The Hall–Kier alpha value is -1.62. The van der Waals surface area contributed by atoms with Crippen LogP contribution >= 0.6 is 15.9 Å². The van der Waals surface area contributed by atoms with Gasteiger partial charge in [-0.1, -0.05) is 12.1 Å². The van der Waals surface area contributed by atoms with Crippen LogP contribution in [0.25, 0.3) is 0 Å². The van der Waals surface area contributed by atoms with Crippen LogP contribution in [-0.4, -0.2) is 22.1 Å². The van der Waals surface area contributed by atoms with Gasteiger partial charge in [0.1, 0.15) is 12.1 Å².